The minimum atomic E-state index is 0. The first-order valence-corrected chi connectivity index (χ1v) is 9.11. The molecule has 2 aromatic rings. The molecule has 1 saturated heterocycles. The van der Waals surface area contributed by atoms with Crippen molar-refractivity contribution < 1.29 is 9.21 Å². The first kappa shape index (κ1) is 20.5. The number of halogens is 1. The largest absolute Gasteiger partial charge is 0.460 e. The number of benzene rings is 1. The Bertz CT molecular complexity index is 675. The number of amides is 1. The summed E-state index contributed by atoms with van der Waals surface area (Å²) in [6.45, 7) is 2.91. The fraction of sp³-hybridized carbons (Fsp3) is 0.450. The Morgan fingerprint density at radius 2 is 2.00 bits per heavy atom. The normalized spacial score (nSPS) is 17.5. The van der Waals surface area contributed by atoms with Gasteiger partial charge in [0.1, 0.15) is 11.5 Å². The number of nitrogens with one attached hydrogen (secondary N) is 1. The SMILES string of the molecule is Cl.NCCC(=O)NCC1CCCCN1Cc1ccc(-c2ccccc2)o1. The van der Waals surface area contributed by atoms with Crippen LogP contribution in [0.2, 0.25) is 0 Å². The van der Waals surface area contributed by atoms with E-state index in [1.165, 1.54) is 12.8 Å². The van der Waals surface area contributed by atoms with E-state index in [2.05, 4.69) is 28.4 Å². The van der Waals surface area contributed by atoms with Gasteiger partial charge in [0.05, 0.1) is 6.54 Å². The third kappa shape index (κ3) is 5.59. The zero-order valence-electron chi connectivity index (χ0n) is 15.0. The number of carbonyl (C=O) groups excluding carboxylic acids is 1. The average Bonchev–Trinajstić information content (AvgIpc) is 3.11. The first-order valence-electron chi connectivity index (χ1n) is 9.11. The molecule has 1 aliphatic heterocycles. The number of rotatable bonds is 7. The lowest BCUT2D eigenvalue weighted by molar-refractivity contribution is -0.121. The van der Waals surface area contributed by atoms with Crippen LogP contribution in [0.5, 0.6) is 0 Å². The van der Waals surface area contributed by atoms with E-state index in [1.54, 1.807) is 0 Å². The van der Waals surface area contributed by atoms with E-state index in [1.807, 2.05) is 24.3 Å². The highest BCUT2D eigenvalue weighted by Crippen LogP contribution is 2.25. The summed E-state index contributed by atoms with van der Waals surface area (Å²) in [5, 5.41) is 3.01. The van der Waals surface area contributed by atoms with Crippen LogP contribution < -0.4 is 11.1 Å². The van der Waals surface area contributed by atoms with Crippen LogP contribution in [0.4, 0.5) is 0 Å². The van der Waals surface area contributed by atoms with Crippen molar-refractivity contribution in [3.05, 3.63) is 48.2 Å². The molecular weight excluding hydrogens is 350 g/mol. The summed E-state index contributed by atoms with van der Waals surface area (Å²) in [6, 6.07) is 14.6. The van der Waals surface area contributed by atoms with Gasteiger partial charge < -0.3 is 15.5 Å². The maximum atomic E-state index is 11.7. The molecule has 1 fully saturated rings. The number of likely N-dealkylation sites (tertiary alicyclic amines) is 1. The number of nitrogens with two attached hydrogens (primary N) is 1. The summed E-state index contributed by atoms with van der Waals surface area (Å²) >= 11 is 0. The molecule has 1 atom stereocenters. The van der Waals surface area contributed by atoms with Crippen molar-refractivity contribution in [1.82, 2.24) is 10.2 Å². The summed E-state index contributed by atoms with van der Waals surface area (Å²) < 4.78 is 6.04. The molecule has 1 amide bonds. The fourth-order valence-electron chi connectivity index (χ4n) is 3.37. The van der Waals surface area contributed by atoms with Crippen LogP contribution in [-0.2, 0) is 11.3 Å². The molecule has 0 aliphatic carbocycles. The van der Waals surface area contributed by atoms with Gasteiger partial charge in [0, 0.05) is 31.1 Å². The van der Waals surface area contributed by atoms with Gasteiger partial charge in [-0.15, -0.1) is 12.4 Å². The molecule has 1 aromatic carbocycles. The first-order chi connectivity index (χ1) is 12.3. The van der Waals surface area contributed by atoms with Crippen LogP contribution in [0.15, 0.2) is 46.9 Å². The summed E-state index contributed by atoms with van der Waals surface area (Å²) in [6.07, 6.45) is 3.90. The van der Waals surface area contributed by atoms with Crippen LogP contribution in [0, 0.1) is 0 Å². The Morgan fingerprint density at radius 1 is 1.19 bits per heavy atom. The van der Waals surface area contributed by atoms with Crippen LogP contribution in [0.3, 0.4) is 0 Å². The van der Waals surface area contributed by atoms with Gasteiger partial charge in [-0.2, -0.15) is 0 Å². The Labute approximate surface area is 161 Å². The Kier molecular flexibility index (Phi) is 8.16. The van der Waals surface area contributed by atoms with Crippen molar-refractivity contribution in [3.63, 3.8) is 0 Å². The lowest BCUT2D eigenvalue weighted by Gasteiger charge is -2.35. The number of hydrogen-bond donors (Lipinski definition) is 2. The Balaban J connectivity index is 0.00000243. The Hall–Kier alpha value is -1.82. The molecule has 3 rings (SSSR count). The second-order valence-corrected chi connectivity index (χ2v) is 6.59. The molecule has 0 radical (unpaired) electrons. The van der Waals surface area contributed by atoms with Gasteiger partial charge in [-0.05, 0) is 31.5 Å². The smallest absolute Gasteiger partial charge is 0.221 e. The van der Waals surface area contributed by atoms with Gasteiger partial charge in [-0.1, -0.05) is 36.8 Å². The molecular formula is C20H28ClN3O2. The molecule has 1 aromatic heterocycles. The molecule has 0 saturated carbocycles. The summed E-state index contributed by atoms with van der Waals surface area (Å²) in [7, 11) is 0. The van der Waals surface area contributed by atoms with Crippen LogP contribution in [0.25, 0.3) is 11.3 Å². The molecule has 2 heterocycles. The minimum Gasteiger partial charge on any atom is -0.460 e. The second kappa shape index (κ2) is 10.4. The molecule has 1 aliphatic rings. The lowest BCUT2D eigenvalue weighted by Crippen LogP contribution is -2.46. The summed E-state index contributed by atoms with van der Waals surface area (Å²) in [4.78, 5) is 14.1. The van der Waals surface area contributed by atoms with Gasteiger partial charge in [-0.3, -0.25) is 9.69 Å². The summed E-state index contributed by atoms with van der Waals surface area (Å²) in [5.41, 5.74) is 6.53. The standard InChI is InChI=1S/C20H27N3O2.ClH/c21-12-11-20(24)22-14-17-8-4-5-13-23(17)15-18-9-10-19(25-18)16-6-2-1-3-7-16;/h1-3,6-7,9-10,17H,4-5,8,11-15,21H2,(H,22,24);1H. The molecule has 142 valence electrons. The molecule has 6 heteroatoms. The fourth-order valence-corrected chi connectivity index (χ4v) is 3.37. The number of piperidine rings is 1. The van der Waals surface area contributed by atoms with Crippen molar-refractivity contribution in [3.8, 4) is 11.3 Å². The van der Waals surface area contributed by atoms with Gasteiger partial charge >= 0.3 is 0 Å². The molecule has 5 nitrogen and oxygen atoms in total. The predicted molar refractivity (Wildman–Crippen MR) is 106 cm³/mol. The maximum Gasteiger partial charge on any atom is 0.221 e. The van der Waals surface area contributed by atoms with Crippen molar-refractivity contribution >= 4 is 18.3 Å². The lowest BCUT2D eigenvalue weighted by atomic mass is 10.0. The molecule has 0 spiro atoms. The van der Waals surface area contributed by atoms with Crippen molar-refractivity contribution in [2.24, 2.45) is 5.73 Å². The third-order valence-electron chi connectivity index (χ3n) is 4.73. The topological polar surface area (TPSA) is 71.5 Å². The monoisotopic (exact) mass is 377 g/mol. The van der Waals surface area contributed by atoms with Crippen LogP contribution in [0.1, 0.15) is 31.4 Å². The highest BCUT2D eigenvalue weighted by atomic mass is 35.5. The van der Waals surface area contributed by atoms with Gasteiger partial charge in [0.2, 0.25) is 5.91 Å². The number of furan rings is 1. The van der Waals surface area contributed by atoms with E-state index in [0.29, 0.717) is 25.6 Å². The van der Waals surface area contributed by atoms with Crippen molar-refractivity contribution in [2.75, 3.05) is 19.6 Å². The van der Waals surface area contributed by atoms with Crippen LogP contribution >= 0.6 is 12.4 Å². The van der Waals surface area contributed by atoms with E-state index < -0.39 is 0 Å². The highest BCUT2D eigenvalue weighted by molar-refractivity contribution is 5.85. The van der Waals surface area contributed by atoms with E-state index in [-0.39, 0.29) is 18.3 Å². The molecule has 26 heavy (non-hydrogen) atoms. The second-order valence-electron chi connectivity index (χ2n) is 6.59. The minimum absolute atomic E-state index is 0. The van der Waals surface area contributed by atoms with Crippen molar-refractivity contribution in [2.45, 2.75) is 38.3 Å². The highest BCUT2D eigenvalue weighted by Gasteiger charge is 2.23. The number of hydrogen-bond acceptors (Lipinski definition) is 4. The van der Waals surface area contributed by atoms with Gasteiger partial charge in [0.25, 0.3) is 0 Å². The van der Waals surface area contributed by atoms with Crippen LogP contribution in [-0.4, -0.2) is 36.5 Å². The van der Waals surface area contributed by atoms with E-state index >= 15 is 0 Å². The molecule has 0 bridgehead atoms. The van der Waals surface area contributed by atoms with E-state index in [0.717, 1.165) is 36.6 Å². The number of carbonyl (C=O) groups is 1. The molecule has 3 N–H and O–H groups in total. The van der Waals surface area contributed by atoms with E-state index in [9.17, 15) is 4.79 Å². The Morgan fingerprint density at radius 3 is 2.77 bits per heavy atom. The quantitative estimate of drug-likeness (QED) is 0.777. The van der Waals surface area contributed by atoms with Gasteiger partial charge in [0.15, 0.2) is 0 Å². The maximum absolute atomic E-state index is 11.7. The zero-order chi connectivity index (χ0) is 17.5. The molecule has 1 unspecified atom stereocenters. The zero-order valence-corrected chi connectivity index (χ0v) is 15.8. The van der Waals surface area contributed by atoms with E-state index in [4.69, 9.17) is 10.2 Å². The third-order valence-corrected chi connectivity index (χ3v) is 4.73. The van der Waals surface area contributed by atoms with Crippen molar-refractivity contribution in [1.29, 1.82) is 0 Å². The average molecular weight is 378 g/mol. The van der Waals surface area contributed by atoms with Gasteiger partial charge in [-0.25, -0.2) is 0 Å². The number of nitrogens with zero attached hydrogens (tertiary/aromatic N) is 1. The predicted octanol–water partition coefficient (Wildman–Crippen LogP) is 3.19. The summed E-state index contributed by atoms with van der Waals surface area (Å²) in [5.74, 6) is 1.91.